The van der Waals surface area contributed by atoms with Crippen LogP contribution in [0, 0.1) is 0 Å². The van der Waals surface area contributed by atoms with Gasteiger partial charge in [-0.3, -0.25) is 4.90 Å². The Kier molecular flexibility index (Phi) is 6.60. The van der Waals surface area contributed by atoms with Crippen molar-refractivity contribution in [1.82, 2.24) is 20.5 Å². The first-order chi connectivity index (χ1) is 10.6. The van der Waals surface area contributed by atoms with Gasteiger partial charge in [-0.2, -0.15) is 0 Å². The van der Waals surface area contributed by atoms with Crippen molar-refractivity contribution in [2.24, 2.45) is 0 Å². The number of amides is 2. The van der Waals surface area contributed by atoms with Crippen LogP contribution in [-0.4, -0.2) is 54.3 Å². The van der Waals surface area contributed by atoms with E-state index < -0.39 is 0 Å². The molecule has 0 aliphatic carbocycles. The predicted molar refractivity (Wildman–Crippen MR) is 88.2 cm³/mol. The summed E-state index contributed by atoms with van der Waals surface area (Å²) in [6.45, 7) is 9.97. The second-order valence-corrected chi connectivity index (χ2v) is 6.85. The van der Waals surface area contributed by atoms with Crippen molar-refractivity contribution in [2.75, 3.05) is 26.3 Å². The van der Waals surface area contributed by atoms with Crippen LogP contribution in [0.1, 0.15) is 30.7 Å². The maximum atomic E-state index is 11.9. The van der Waals surface area contributed by atoms with E-state index in [2.05, 4.69) is 41.3 Å². The number of nitrogens with one attached hydrogen (secondary N) is 2. The molecule has 0 bridgehead atoms. The van der Waals surface area contributed by atoms with Crippen LogP contribution in [0.5, 0.6) is 0 Å². The molecule has 7 heteroatoms. The highest BCUT2D eigenvalue weighted by atomic mass is 32.1. The van der Waals surface area contributed by atoms with E-state index in [9.17, 15) is 4.79 Å². The summed E-state index contributed by atoms with van der Waals surface area (Å²) < 4.78 is 5.44. The number of ether oxygens (including phenoxy) is 1. The quantitative estimate of drug-likeness (QED) is 0.833. The topological polar surface area (TPSA) is 66.5 Å². The molecule has 124 valence electrons. The SMILES string of the molecule is CCc1cnc(CNC(=O)NC[C@H](C)N2CCOC[C@H]2C)s1. The minimum Gasteiger partial charge on any atom is -0.379 e. The molecule has 2 amide bonds. The third-order valence-corrected chi connectivity index (χ3v) is 5.03. The van der Waals surface area contributed by atoms with Gasteiger partial charge in [-0.1, -0.05) is 6.92 Å². The Morgan fingerprint density at radius 3 is 3.09 bits per heavy atom. The Morgan fingerprint density at radius 1 is 1.59 bits per heavy atom. The zero-order valence-electron chi connectivity index (χ0n) is 13.6. The van der Waals surface area contributed by atoms with Gasteiger partial charge in [0, 0.05) is 36.2 Å². The van der Waals surface area contributed by atoms with E-state index in [1.54, 1.807) is 11.3 Å². The van der Waals surface area contributed by atoms with E-state index in [1.165, 1.54) is 4.88 Å². The van der Waals surface area contributed by atoms with Gasteiger partial charge in [0.1, 0.15) is 5.01 Å². The van der Waals surface area contributed by atoms with E-state index in [-0.39, 0.29) is 6.03 Å². The van der Waals surface area contributed by atoms with Crippen LogP contribution in [-0.2, 0) is 17.7 Å². The summed E-state index contributed by atoms with van der Waals surface area (Å²) in [7, 11) is 0. The molecule has 1 fully saturated rings. The molecule has 2 atom stereocenters. The van der Waals surface area contributed by atoms with Gasteiger partial charge < -0.3 is 15.4 Å². The molecule has 1 saturated heterocycles. The van der Waals surface area contributed by atoms with Crippen molar-refractivity contribution in [2.45, 2.75) is 45.8 Å². The van der Waals surface area contributed by atoms with Crippen molar-refractivity contribution >= 4 is 17.4 Å². The highest BCUT2D eigenvalue weighted by Gasteiger charge is 2.23. The van der Waals surface area contributed by atoms with Crippen molar-refractivity contribution in [3.63, 3.8) is 0 Å². The van der Waals surface area contributed by atoms with Crippen LogP contribution in [0.2, 0.25) is 0 Å². The van der Waals surface area contributed by atoms with Gasteiger partial charge in [-0.05, 0) is 20.3 Å². The van der Waals surface area contributed by atoms with Crippen LogP contribution in [0.4, 0.5) is 4.79 Å². The second-order valence-electron chi connectivity index (χ2n) is 5.65. The maximum Gasteiger partial charge on any atom is 0.315 e. The van der Waals surface area contributed by atoms with Gasteiger partial charge in [-0.15, -0.1) is 11.3 Å². The number of carbonyl (C=O) groups excluding carboxylic acids is 1. The van der Waals surface area contributed by atoms with Crippen molar-refractivity contribution in [3.8, 4) is 0 Å². The normalized spacial score (nSPS) is 20.6. The monoisotopic (exact) mass is 326 g/mol. The van der Waals surface area contributed by atoms with Crippen LogP contribution in [0.15, 0.2) is 6.20 Å². The van der Waals surface area contributed by atoms with Gasteiger partial charge in [0.2, 0.25) is 0 Å². The molecule has 2 heterocycles. The molecule has 0 unspecified atom stereocenters. The van der Waals surface area contributed by atoms with E-state index in [0.717, 1.165) is 31.2 Å². The minimum atomic E-state index is -0.138. The zero-order chi connectivity index (χ0) is 15.9. The molecule has 0 aromatic carbocycles. The Labute approximate surface area is 136 Å². The van der Waals surface area contributed by atoms with E-state index in [0.29, 0.717) is 25.2 Å². The zero-order valence-corrected chi connectivity index (χ0v) is 14.4. The molecule has 0 spiro atoms. The molecule has 22 heavy (non-hydrogen) atoms. The number of nitrogens with zero attached hydrogens (tertiary/aromatic N) is 2. The Hall–Kier alpha value is -1.18. The molecule has 1 aromatic rings. The fourth-order valence-electron chi connectivity index (χ4n) is 2.56. The lowest BCUT2D eigenvalue weighted by Crippen LogP contribution is -2.52. The Balaban J connectivity index is 1.68. The summed E-state index contributed by atoms with van der Waals surface area (Å²) >= 11 is 1.65. The molecule has 0 saturated carbocycles. The van der Waals surface area contributed by atoms with Crippen LogP contribution < -0.4 is 10.6 Å². The molecule has 1 aliphatic heterocycles. The molecule has 0 radical (unpaired) electrons. The standard InChI is InChI=1S/C15H26N4O2S/c1-4-13-8-16-14(22-13)9-18-15(20)17-7-11(2)19-5-6-21-10-12(19)3/h8,11-12H,4-7,9-10H2,1-3H3,(H2,17,18,20)/t11-,12+/m0/s1. The number of urea groups is 1. The molecular formula is C15H26N4O2S. The second kappa shape index (κ2) is 8.45. The van der Waals surface area contributed by atoms with Crippen LogP contribution in [0.25, 0.3) is 0 Å². The minimum absolute atomic E-state index is 0.138. The number of hydrogen-bond donors (Lipinski definition) is 2. The number of aryl methyl sites for hydroxylation is 1. The number of carbonyl (C=O) groups is 1. The summed E-state index contributed by atoms with van der Waals surface area (Å²) in [4.78, 5) is 19.8. The lowest BCUT2D eigenvalue weighted by molar-refractivity contribution is -0.0176. The predicted octanol–water partition coefficient (Wildman–Crippen LogP) is 1.61. The lowest BCUT2D eigenvalue weighted by atomic mass is 10.2. The highest BCUT2D eigenvalue weighted by molar-refractivity contribution is 7.11. The average Bonchev–Trinajstić information content (AvgIpc) is 2.99. The molecular weight excluding hydrogens is 300 g/mol. The number of hydrogen-bond acceptors (Lipinski definition) is 5. The fraction of sp³-hybridized carbons (Fsp3) is 0.733. The van der Waals surface area contributed by atoms with Crippen molar-refractivity contribution in [1.29, 1.82) is 0 Å². The van der Waals surface area contributed by atoms with E-state index in [1.807, 2.05) is 6.20 Å². The Bertz CT molecular complexity index is 480. The van der Waals surface area contributed by atoms with Gasteiger partial charge in [0.05, 0.1) is 19.8 Å². The first kappa shape index (κ1) is 17.2. The summed E-state index contributed by atoms with van der Waals surface area (Å²) in [5.74, 6) is 0. The van der Waals surface area contributed by atoms with E-state index >= 15 is 0 Å². The smallest absolute Gasteiger partial charge is 0.315 e. The van der Waals surface area contributed by atoms with Crippen molar-refractivity contribution < 1.29 is 9.53 Å². The lowest BCUT2D eigenvalue weighted by Gasteiger charge is -2.37. The summed E-state index contributed by atoms with van der Waals surface area (Å²) in [6, 6.07) is 0.564. The van der Waals surface area contributed by atoms with Gasteiger partial charge in [0.25, 0.3) is 0 Å². The third kappa shape index (κ3) is 4.93. The van der Waals surface area contributed by atoms with Crippen LogP contribution >= 0.6 is 11.3 Å². The molecule has 1 aromatic heterocycles. The average molecular weight is 326 g/mol. The first-order valence-electron chi connectivity index (χ1n) is 7.89. The Morgan fingerprint density at radius 2 is 2.41 bits per heavy atom. The summed E-state index contributed by atoms with van der Waals surface area (Å²) in [6.07, 6.45) is 2.86. The van der Waals surface area contributed by atoms with Gasteiger partial charge in [-0.25, -0.2) is 9.78 Å². The first-order valence-corrected chi connectivity index (χ1v) is 8.70. The maximum absolute atomic E-state index is 11.9. The molecule has 6 nitrogen and oxygen atoms in total. The third-order valence-electron chi connectivity index (χ3n) is 3.89. The molecule has 2 rings (SSSR count). The summed E-state index contributed by atoms with van der Waals surface area (Å²) in [5, 5.41) is 6.74. The number of aromatic nitrogens is 1. The highest BCUT2D eigenvalue weighted by Crippen LogP contribution is 2.13. The molecule has 2 N–H and O–H groups in total. The number of morpholine rings is 1. The van der Waals surface area contributed by atoms with Crippen LogP contribution in [0.3, 0.4) is 0 Å². The van der Waals surface area contributed by atoms with E-state index in [4.69, 9.17) is 4.74 Å². The fourth-order valence-corrected chi connectivity index (χ4v) is 3.37. The van der Waals surface area contributed by atoms with Crippen molar-refractivity contribution in [3.05, 3.63) is 16.1 Å². The largest absolute Gasteiger partial charge is 0.379 e. The molecule has 1 aliphatic rings. The number of rotatable bonds is 6. The van der Waals surface area contributed by atoms with Gasteiger partial charge in [0.15, 0.2) is 0 Å². The number of thiazole rings is 1. The summed E-state index contributed by atoms with van der Waals surface area (Å²) in [5.41, 5.74) is 0. The van der Waals surface area contributed by atoms with Gasteiger partial charge >= 0.3 is 6.03 Å².